The van der Waals surface area contributed by atoms with Crippen molar-refractivity contribution in [2.45, 2.75) is 55.6 Å². The minimum absolute atomic E-state index is 0.0416. The van der Waals surface area contributed by atoms with Crippen molar-refractivity contribution >= 4 is 23.4 Å². The number of anilines is 1. The van der Waals surface area contributed by atoms with Crippen molar-refractivity contribution in [3.63, 3.8) is 0 Å². The van der Waals surface area contributed by atoms with Gasteiger partial charge in [0.25, 0.3) is 5.91 Å². The van der Waals surface area contributed by atoms with Gasteiger partial charge in [0.05, 0.1) is 0 Å². The summed E-state index contributed by atoms with van der Waals surface area (Å²) in [5.74, 6) is 5.38. The number of amides is 1. The molecule has 2 nitrogen and oxygen atoms in total. The molecule has 7 rings (SSSR count). The van der Waals surface area contributed by atoms with Gasteiger partial charge in [-0.25, -0.2) is 0 Å². The van der Waals surface area contributed by atoms with Crippen molar-refractivity contribution in [3.8, 4) is 0 Å². The number of nitrogens with one attached hydrogen (secondary N) is 1. The largest absolute Gasteiger partial charge is 0.322 e. The van der Waals surface area contributed by atoms with Gasteiger partial charge in [0.15, 0.2) is 0 Å². The Morgan fingerprint density at radius 3 is 2.03 bits per heavy atom. The average molecular weight is 468 g/mol. The second kappa shape index (κ2) is 9.26. The van der Waals surface area contributed by atoms with E-state index in [-0.39, 0.29) is 5.91 Å². The van der Waals surface area contributed by atoms with Crippen molar-refractivity contribution in [2.75, 3.05) is 5.32 Å². The molecule has 0 saturated heterocycles. The molecule has 0 atom stereocenters. The normalized spacial score (nSPS) is 27.0. The third-order valence-corrected chi connectivity index (χ3v) is 9.51. The maximum Gasteiger partial charge on any atom is 0.255 e. The number of rotatable bonds is 6. The highest BCUT2D eigenvalue weighted by molar-refractivity contribution is 7.98. The molecule has 0 spiro atoms. The molecule has 0 unspecified atom stereocenters. The van der Waals surface area contributed by atoms with Crippen molar-refractivity contribution in [3.05, 3.63) is 95.1 Å². The topological polar surface area (TPSA) is 29.1 Å². The highest BCUT2D eigenvalue weighted by Gasteiger charge is 2.48. The summed E-state index contributed by atoms with van der Waals surface area (Å²) in [5.41, 5.74) is 5.58. The summed E-state index contributed by atoms with van der Waals surface area (Å²) in [6, 6.07) is 25.4. The van der Waals surface area contributed by atoms with Gasteiger partial charge in [-0.3, -0.25) is 4.79 Å². The van der Waals surface area contributed by atoms with Crippen LogP contribution in [0.15, 0.2) is 77.7 Å². The van der Waals surface area contributed by atoms with Gasteiger partial charge in [0, 0.05) is 21.9 Å². The summed E-state index contributed by atoms with van der Waals surface area (Å²) < 4.78 is 0. The minimum Gasteiger partial charge on any atom is -0.322 e. The van der Waals surface area contributed by atoms with Crippen molar-refractivity contribution in [2.24, 2.45) is 23.7 Å². The van der Waals surface area contributed by atoms with E-state index in [1.807, 2.05) is 23.9 Å². The maximum atomic E-state index is 12.8. The molecule has 1 amide bonds. The number of carbonyl (C=O) groups is 1. The van der Waals surface area contributed by atoms with Crippen LogP contribution in [0.25, 0.3) is 0 Å². The van der Waals surface area contributed by atoms with Crippen LogP contribution >= 0.6 is 11.8 Å². The van der Waals surface area contributed by atoms with Gasteiger partial charge >= 0.3 is 0 Å². The molecule has 3 heteroatoms. The molecule has 3 aromatic rings. The predicted molar refractivity (Wildman–Crippen MR) is 141 cm³/mol. The number of aryl methyl sites for hydroxylation is 1. The Balaban J connectivity index is 1.06. The van der Waals surface area contributed by atoms with Crippen LogP contribution in [0.1, 0.15) is 65.1 Å². The third-order valence-electron chi connectivity index (χ3n) is 8.42. The first kappa shape index (κ1) is 22.0. The highest BCUT2D eigenvalue weighted by Crippen LogP contribution is 2.59. The van der Waals surface area contributed by atoms with E-state index in [1.165, 1.54) is 53.7 Å². The Labute approximate surface area is 207 Å². The number of carbonyl (C=O) groups excluding carboxylic acids is 1. The maximum absolute atomic E-state index is 12.8. The fourth-order valence-corrected chi connectivity index (χ4v) is 7.87. The van der Waals surface area contributed by atoms with E-state index < -0.39 is 0 Å². The zero-order chi connectivity index (χ0) is 23.1. The lowest BCUT2D eigenvalue weighted by Crippen LogP contribution is -2.43. The van der Waals surface area contributed by atoms with Crippen molar-refractivity contribution in [1.29, 1.82) is 0 Å². The number of thioether (sulfide) groups is 1. The monoisotopic (exact) mass is 467 g/mol. The van der Waals surface area contributed by atoms with E-state index in [0.717, 1.165) is 41.0 Å². The third kappa shape index (κ3) is 4.55. The van der Waals surface area contributed by atoms with E-state index in [0.29, 0.717) is 5.56 Å². The van der Waals surface area contributed by atoms with Crippen LogP contribution in [0, 0.1) is 30.6 Å². The Kier molecular flexibility index (Phi) is 5.99. The quantitative estimate of drug-likeness (QED) is 0.371. The molecule has 4 saturated carbocycles. The Morgan fingerprint density at radius 1 is 0.794 bits per heavy atom. The van der Waals surface area contributed by atoms with Crippen LogP contribution in [-0.2, 0) is 5.75 Å². The summed E-state index contributed by atoms with van der Waals surface area (Å²) in [7, 11) is 0. The Bertz CT molecular complexity index is 1120. The van der Waals surface area contributed by atoms with E-state index in [9.17, 15) is 4.79 Å². The molecule has 174 valence electrons. The molecule has 0 heterocycles. The summed E-state index contributed by atoms with van der Waals surface area (Å²) in [5, 5.41) is 3.09. The van der Waals surface area contributed by atoms with E-state index in [4.69, 9.17) is 0 Å². The molecular formula is C31H33NOS. The number of benzene rings is 3. The van der Waals surface area contributed by atoms with Crippen LogP contribution in [-0.4, -0.2) is 5.91 Å². The molecule has 0 aliphatic heterocycles. The standard InChI is InChI=1S/C31H33NOS/c1-20-2-12-29(13-3-20)34-19-21-4-6-25(7-5-21)31(33)32-28-10-8-24(9-11-28)30-26-15-22-14-23(17-26)18-27(30)16-22/h2-13,22-23,26-27,30H,14-19H2,1H3,(H,32,33). The SMILES string of the molecule is Cc1ccc(SCc2ccc(C(=O)Nc3ccc(C4C5CC6CC(C5)CC4C6)cc3)cc2)cc1. The molecule has 4 bridgehead atoms. The molecule has 4 aliphatic rings. The highest BCUT2D eigenvalue weighted by atomic mass is 32.2. The zero-order valence-corrected chi connectivity index (χ0v) is 20.7. The predicted octanol–water partition coefficient (Wildman–Crippen LogP) is 8.08. The van der Waals surface area contributed by atoms with Gasteiger partial charge in [-0.2, -0.15) is 0 Å². The fourth-order valence-electron chi connectivity index (χ4n) is 7.01. The van der Waals surface area contributed by atoms with Gasteiger partial charge < -0.3 is 5.32 Å². The van der Waals surface area contributed by atoms with Gasteiger partial charge in [0.2, 0.25) is 0 Å². The molecule has 34 heavy (non-hydrogen) atoms. The summed E-state index contributed by atoms with van der Waals surface area (Å²) >= 11 is 1.82. The van der Waals surface area contributed by atoms with Crippen LogP contribution in [0.4, 0.5) is 5.69 Å². The first-order chi connectivity index (χ1) is 16.6. The van der Waals surface area contributed by atoms with Gasteiger partial charge in [-0.15, -0.1) is 11.8 Å². The molecule has 3 aromatic carbocycles. The van der Waals surface area contributed by atoms with E-state index in [2.05, 4.69) is 72.9 Å². The minimum atomic E-state index is -0.0416. The van der Waals surface area contributed by atoms with E-state index in [1.54, 1.807) is 0 Å². The first-order valence-electron chi connectivity index (χ1n) is 12.8. The Hall–Kier alpha value is -2.52. The first-order valence-corrected chi connectivity index (χ1v) is 13.8. The lowest BCUT2D eigenvalue weighted by molar-refractivity contribution is -0.00277. The zero-order valence-electron chi connectivity index (χ0n) is 19.9. The Morgan fingerprint density at radius 2 is 1.41 bits per heavy atom. The van der Waals surface area contributed by atoms with Crippen LogP contribution in [0.5, 0.6) is 0 Å². The summed E-state index contributed by atoms with van der Waals surface area (Å²) in [6.07, 6.45) is 7.26. The second-order valence-electron chi connectivity index (χ2n) is 10.8. The van der Waals surface area contributed by atoms with Crippen LogP contribution in [0.2, 0.25) is 0 Å². The van der Waals surface area contributed by atoms with Gasteiger partial charge in [-0.1, -0.05) is 42.0 Å². The molecule has 1 N–H and O–H groups in total. The molecule has 4 fully saturated rings. The lowest BCUT2D eigenvalue weighted by atomic mass is 9.51. The van der Waals surface area contributed by atoms with Gasteiger partial charge in [-0.05, 0) is 116 Å². The van der Waals surface area contributed by atoms with Crippen LogP contribution < -0.4 is 5.32 Å². The second-order valence-corrected chi connectivity index (χ2v) is 11.9. The molecule has 0 aromatic heterocycles. The molecule has 0 radical (unpaired) electrons. The fraction of sp³-hybridized carbons (Fsp3) is 0.387. The lowest BCUT2D eigenvalue weighted by Gasteiger charge is -2.54. The van der Waals surface area contributed by atoms with Crippen molar-refractivity contribution < 1.29 is 4.79 Å². The van der Waals surface area contributed by atoms with Crippen molar-refractivity contribution in [1.82, 2.24) is 0 Å². The average Bonchev–Trinajstić information content (AvgIpc) is 2.84. The summed E-state index contributed by atoms with van der Waals surface area (Å²) in [6.45, 7) is 2.11. The number of hydrogen-bond donors (Lipinski definition) is 1. The van der Waals surface area contributed by atoms with E-state index >= 15 is 0 Å². The van der Waals surface area contributed by atoms with Crippen LogP contribution in [0.3, 0.4) is 0 Å². The number of hydrogen-bond acceptors (Lipinski definition) is 2. The smallest absolute Gasteiger partial charge is 0.255 e. The molecular weight excluding hydrogens is 434 g/mol. The molecule has 4 aliphatic carbocycles. The van der Waals surface area contributed by atoms with Gasteiger partial charge in [0.1, 0.15) is 0 Å². The summed E-state index contributed by atoms with van der Waals surface area (Å²) in [4.78, 5) is 14.1.